The first kappa shape index (κ1) is 21.8. The summed E-state index contributed by atoms with van der Waals surface area (Å²) in [4.78, 5) is 61.5. The van der Waals surface area contributed by atoms with Crippen molar-refractivity contribution in [1.82, 2.24) is 19.8 Å². The Morgan fingerprint density at radius 2 is 1.56 bits per heavy atom. The number of benzene rings is 2. The van der Waals surface area contributed by atoms with Crippen LogP contribution >= 0.6 is 0 Å². The lowest BCUT2D eigenvalue weighted by molar-refractivity contribution is -0.147. The number of H-pyrrole nitrogens is 1. The highest BCUT2D eigenvalue weighted by atomic mass is 16.2. The summed E-state index contributed by atoms with van der Waals surface area (Å²) in [6, 6.07) is 16.4. The minimum Gasteiger partial charge on any atom is -0.329 e. The molecule has 1 aliphatic carbocycles. The van der Waals surface area contributed by atoms with Crippen molar-refractivity contribution in [2.75, 3.05) is 6.54 Å². The molecule has 34 heavy (non-hydrogen) atoms. The molecule has 2 aliphatic rings. The van der Waals surface area contributed by atoms with Gasteiger partial charge in [-0.25, -0.2) is 4.98 Å². The Morgan fingerprint density at radius 1 is 0.912 bits per heavy atom. The van der Waals surface area contributed by atoms with Crippen LogP contribution in [0.15, 0.2) is 71.5 Å². The van der Waals surface area contributed by atoms with Gasteiger partial charge in [-0.1, -0.05) is 54.6 Å². The Morgan fingerprint density at radius 3 is 2.26 bits per heavy atom. The van der Waals surface area contributed by atoms with Crippen molar-refractivity contribution in [2.24, 2.45) is 11.8 Å². The number of aromatic amines is 1. The number of nitrogens with one attached hydrogen (secondary N) is 1. The molecule has 3 aromatic rings. The van der Waals surface area contributed by atoms with Crippen LogP contribution in [-0.4, -0.2) is 44.0 Å². The molecular formula is C26H24N4O4. The normalized spacial score (nSPS) is 19.5. The highest BCUT2D eigenvalue weighted by Gasteiger charge is 2.47. The van der Waals surface area contributed by atoms with Crippen molar-refractivity contribution >= 4 is 28.6 Å². The molecule has 1 aliphatic heterocycles. The third-order valence-electron chi connectivity index (χ3n) is 6.46. The van der Waals surface area contributed by atoms with Crippen LogP contribution in [0, 0.1) is 11.8 Å². The second-order valence-corrected chi connectivity index (χ2v) is 8.68. The molecule has 0 radical (unpaired) electrons. The van der Waals surface area contributed by atoms with Gasteiger partial charge in [0.15, 0.2) is 0 Å². The predicted molar refractivity (Wildman–Crippen MR) is 125 cm³/mol. The Kier molecular flexibility index (Phi) is 5.79. The SMILES string of the molecule is O=C(CN1C(=O)[C@@H]2CC=CC[C@H]2C1=O)N(Cc1ccccc1)Cc1nc2ccccc2c(=O)[nH]1. The number of hydrogen-bond donors (Lipinski definition) is 1. The minimum atomic E-state index is -0.383. The van der Waals surface area contributed by atoms with E-state index in [1.165, 1.54) is 4.90 Å². The van der Waals surface area contributed by atoms with Crippen molar-refractivity contribution in [1.29, 1.82) is 0 Å². The molecule has 8 heteroatoms. The van der Waals surface area contributed by atoms with Gasteiger partial charge in [0.25, 0.3) is 5.56 Å². The van der Waals surface area contributed by atoms with Crippen molar-refractivity contribution in [3.63, 3.8) is 0 Å². The van der Waals surface area contributed by atoms with Gasteiger partial charge in [-0.15, -0.1) is 0 Å². The van der Waals surface area contributed by atoms with Crippen molar-refractivity contribution in [3.05, 3.63) is 88.5 Å². The Labute approximate surface area is 195 Å². The quantitative estimate of drug-likeness (QED) is 0.453. The molecule has 172 valence electrons. The average Bonchev–Trinajstić information content (AvgIpc) is 3.09. The molecule has 8 nitrogen and oxygen atoms in total. The number of fused-ring (bicyclic) bond motifs is 2. The number of rotatable bonds is 6. The number of aromatic nitrogens is 2. The molecule has 0 saturated carbocycles. The van der Waals surface area contributed by atoms with Gasteiger partial charge in [0.05, 0.1) is 29.3 Å². The number of amides is 3. The zero-order valence-corrected chi connectivity index (χ0v) is 18.5. The zero-order chi connectivity index (χ0) is 23.7. The molecule has 5 rings (SSSR count). The summed E-state index contributed by atoms with van der Waals surface area (Å²) >= 11 is 0. The smallest absolute Gasteiger partial charge is 0.258 e. The lowest BCUT2D eigenvalue weighted by Crippen LogP contribution is -2.43. The van der Waals surface area contributed by atoms with Crippen molar-refractivity contribution < 1.29 is 14.4 Å². The summed E-state index contributed by atoms with van der Waals surface area (Å²) in [5, 5.41) is 0.469. The first-order valence-corrected chi connectivity index (χ1v) is 11.3. The van der Waals surface area contributed by atoms with Gasteiger partial charge < -0.3 is 9.88 Å². The monoisotopic (exact) mass is 456 g/mol. The third-order valence-corrected chi connectivity index (χ3v) is 6.46. The molecule has 1 N–H and O–H groups in total. The average molecular weight is 457 g/mol. The first-order valence-electron chi connectivity index (χ1n) is 11.3. The highest BCUT2D eigenvalue weighted by molar-refractivity contribution is 6.07. The van der Waals surface area contributed by atoms with Gasteiger partial charge in [0, 0.05) is 6.54 Å². The molecule has 2 aromatic carbocycles. The van der Waals surface area contributed by atoms with Crippen LogP contribution in [0.25, 0.3) is 10.9 Å². The maximum absolute atomic E-state index is 13.4. The second-order valence-electron chi connectivity index (χ2n) is 8.68. The number of imide groups is 1. The largest absolute Gasteiger partial charge is 0.329 e. The number of nitrogens with zero attached hydrogens (tertiary/aromatic N) is 3. The topological polar surface area (TPSA) is 103 Å². The Hall–Kier alpha value is -4.07. The van der Waals surface area contributed by atoms with E-state index in [0.717, 1.165) is 10.5 Å². The Bertz CT molecular complexity index is 1320. The molecule has 3 amide bonds. The highest BCUT2D eigenvalue weighted by Crippen LogP contribution is 2.35. The predicted octanol–water partition coefficient (Wildman–Crippen LogP) is 2.40. The van der Waals surface area contributed by atoms with Gasteiger partial charge in [-0.05, 0) is 30.5 Å². The van der Waals surface area contributed by atoms with Gasteiger partial charge in [-0.2, -0.15) is 0 Å². The summed E-state index contributed by atoms with van der Waals surface area (Å²) < 4.78 is 0. The number of para-hydroxylation sites is 1. The molecule has 1 aromatic heterocycles. The van der Waals surface area contributed by atoms with Crippen molar-refractivity contribution in [2.45, 2.75) is 25.9 Å². The van der Waals surface area contributed by atoms with Crippen LogP contribution in [0.3, 0.4) is 0 Å². The fraction of sp³-hybridized carbons (Fsp3) is 0.269. The van der Waals surface area contributed by atoms with E-state index in [1.807, 2.05) is 42.5 Å². The summed E-state index contributed by atoms with van der Waals surface area (Å²) in [7, 11) is 0. The van der Waals surface area contributed by atoms with Crippen LogP contribution in [0.2, 0.25) is 0 Å². The van der Waals surface area contributed by atoms with Gasteiger partial charge in [0.1, 0.15) is 12.4 Å². The number of likely N-dealkylation sites (tertiary alicyclic amines) is 1. The van der Waals surface area contributed by atoms with E-state index in [9.17, 15) is 19.2 Å². The molecule has 1 saturated heterocycles. The van der Waals surface area contributed by atoms with Crippen LogP contribution in [0.5, 0.6) is 0 Å². The summed E-state index contributed by atoms with van der Waals surface area (Å²) in [6.45, 7) is -0.0331. The van der Waals surface area contributed by atoms with E-state index in [4.69, 9.17) is 0 Å². The summed E-state index contributed by atoms with van der Waals surface area (Å²) in [5.74, 6) is -1.38. The molecule has 0 unspecified atom stereocenters. The van der Waals surface area contributed by atoms with Gasteiger partial charge >= 0.3 is 0 Å². The van der Waals surface area contributed by atoms with E-state index < -0.39 is 0 Å². The molecule has 2 heterocycles. The van der Waals surface area contributed by atoms with E-state index in [-0.39, 0.29) is 54.8 Å². The van der Waals surface area contributed by atoms with E-state index in [2.05, 4.69) is 9.97 Å². The van der Waals surface area contributed by atoms with Crippen LogP contribution in [0.4, 0.5) is 0 Å². The molecule has 0 spiro atoms. The standard InChI is InChI=1S/C26H24N4O4/c31-23(16-30-25(33)18-10-4-5-11-19(18)26(30)34)29(14-17-8-2-1-3-9-17)15-22-27-21-13-7-6-12-20(21)24(32)28-22/h1-9,12-13,18-19H,10-11,14-16H2,(H,27,28,32)/t18-,19-/m1/s1. The Balaban J connectivity index is 1.41. The zero-order valence-electron chi connectivity index (χ0n) is 18.5. The molecular weight excluding hydrogens is 432 g/mol. The summed E-state index contributed by atoms with van der Waals surface area (Å²) in [5.41, 5.74) is 1.14. The van der Waals surface area contributed by atoms with Gasteiger partial charge in [-0.3, -0.25) is 24.1 Å². The van der Waals surface area contributed by atoms with Crippen LogP contribution in [-0.2, 0) is 27.5 Å². The maximum Gasteiger partial charge on any atom is 0.258 e. The number of carbonyl (C=O) groups excluding carboxylic acids is 3. The number of allylic oxidation sites excluding steroid dienone is 2. The number of carbonyl (C=O) groups is 3. The number of hydrogen-bond acceptors (Lipinski definition) is 5. The van der Waals surface area contributed by atoms with E-state index in [0.29, 0.717) is 29.6 Å². The van der Waals surface area contributed by atoms with Crippen LogP contribution < -0.4 is 5.56 Å². The summed E-state index contributed by atoms with van der Waals surface area (Å²) in [6.07, 6.45) is 4.88. The minimum absolute atomic E-state index is 0.0401. The fourth-order valence-electron chi connectivity index (χ4n) is 4.69. The lowest BCUT2D eigenvalue weighted by atomic mass is 9.85. The first-order chi connectivity index (χ1) is 16.5. The maximum atomic E-state index is 13.4. The second kappa shape index (κ2) is 9.05. The van der Waals surface area contributed by atoms with Gasteiger partial charge in [0.2, 0.25) is 17.7 Å². The molecule has 1 fully saturated rings. The van der Waals surface area contributed by atoms with Crippen molar-refractivity contribution in [3.8, 4) is 0 Å². The third kappa shape index (κ3) is 4.14. The lowest BCUT2D eigenvalue weighted by Gasteiger charge is -2.25. The van der Waals surface area contributed by atoms with E-state index >= 15 is 0 Å². The van der Waals surface area contributed by atoms with E-state index in [1.54, 1.807) is 24.3 Å². The van der Waals surface area contributed by atoms with Crippen LogP contribution in [0.1, 0.15) is 24.2 Å². The fourth-order valence-corrected chi connectivity index (χ4v) is 4.69. The molecule has 0 bridgehead atoms. The molecule has 2 atom stereocenters.